The number of hydrogen-bond acceptors (Lipinski definition) is 11. The van der Waals surface area contributed by atoms with Crippen LogP contribution in [-0.2, 0) is 39.7 Å². The first kappa shape index (κ1) is 28.1. The molecule has 0 radical (unpaired) electrons. The van der Waals surface area contributed by atoms with E-state index in [0.717, 1.165) is 11.8 Å². The molecule has 13 nitrogen and oxygen atoms in total. The Labute approximate surface area is 201 Å². The van der Waals surface area contributed by atoms with Gasteiger partial charge in [-0.1, -0.05) is 0 Å². The molecule has 2 rings (SSSR count). The summed E-state index contributed by atoms with van der Waals surface area (Å²) >= 11 is 1.11. The molecule has 3 N–H and O–H groups in total. The van der Waals surface area contributed by atoms with Crippen LogP contribution in [0, 0.1) is 5.41 Å². The van der Waals surface area contributed by atoms with Crippen LogP contribution in [0.2, 0.25) is 0 Å². The van der Waals surface area contributed by atoms with Gasteiger partial charge in [0.2, 0.25) is 0 Å². The molecule has 34 heavy (non-hydrogen) atoms. The molecule has 192 valence electrons. The van der Waals surface area contributed by atoms with Crippen LogP contribution in [0.1, 0.15) is 37.7 Å². The van der Waals surface area contributed by atoms with Gasteiger partial charge in [0.1, 0.15) is 0 Å². The summed E-state index contributed by atoms with van der Waals surface area (Å²) in [6.07, 6.45) is 0.332. The van der Waals surface area contributed by atoms with Crippen LogP contribution in [0.25, 0.3) is 0 Å². The van der Waals surface area contributed by atoms with Gasteiger partial charge < -0.3 is 0 Å². The number of ether oxygens (including phenoxy) is 1. The number of carbonyl (C=O) groups excluding carboxylic acids is 4. The van der Waals surface area contributed by atoms with Crippen molar-refractivity contribution in [1.29, 1.82) is 0 Å². The molecule has 0 bridgehead atoms. The molecule has 0 aromatic carbocycles. The van der Waals surface area contributed by atoms with Gasteiger partial charge in [-0.3, -0.25) is 4.79 Å². The zero-order valence-electron chi connectivity index (χ0n) is 19.5. The predicted molar refractivity (Wildman–Crippen MR) is 123 cm³/mol. The Balaban J connectivity index is 1.79. The summed E-state index contributed by atoms with van der Waals surface area (Å²) in [4.78, 5) is 58.0. The van der Waals surface area contributed by atoms with Gasteiger partial charge in [-0.2, -0.15) is 0 Å². The van der Waals surface area contributed by atoms with E-state index < -0.39 is 38.4 Å². The molecule has 1 aromatic heterocycles. The maximum atomic E-state index is 12.7. The Morgan fingerprint density at radius 3 is 2.71 bits per heavy atom. The third-order valence-electron chi connectivity index (χ3n) is 4.68. The Hall–Kier alpha value is -2.09. The second kappa shape index (κ2) is 12.6. The van der Waals surface area contributed by atoms with Crippen LogP contribution in [0.15, 0.2) is 12.3 Å². The van der Waals surface area contributed by atoms with E-state index in [0.29, 0.717) is 12.3 Å². The van der Waals surface area contributed by atoms with Crippen molar-refractivity contribution in [3.8, 4) is 0 Å². The van der Waals surface area contributed by atoms with Crippen LogP contribution in [0.4, 0.5) is 0 Å². The van der Waals surface area contributed by atoms with Gasteiger partial charge in [-0.25, -0.2) is 0 Å². The molecular weight excluding hydrogens is 491 g/mol. The summed E-state index contributed by atoms with van der Waals surface area (Å²) in [5, 5.41) is 9.09. The van der Waals surface area contributed by atoms with E-state index in [1.165, 1.54) is 23.9 Å². The molecular formula is C19H31N4O9PS. The molecule has 15 heteroatoms. The number of thioether (sulfide) groups is 1. The monoisotopic (exact) mass is 522 g/mol. The predicted octanol–water partition coefficient (Wildman–Crippen LogP) is 0.297. The van der Waals surface area contributed by atoms with Crippen LogP contribution < -0.4 is 10.6 Å². The van der Waals surface area contributed by atoms with Gasteiger partial charge in [0.25, 0.3) is 0 Å². The average Bonchev–Trinajstić information content (AvgIpc) is 3.19. The first-order valence-corrected chi connectivity index (χ1v) is 13.1. The summed E-state index contributed by atoms with van der Waals surface area (Å²) in [6.45, 7) is 4.58. The Morgan fingerprint density at radius 1 is 1.32 bits per heavy atom. The first-order chi connectivity index (χ1) is 15.9. The van der Waals surface area contributed by atoms with Crippen LogP contribution in [-0.4, -0.2) is 75.9 Å². The van der Waals surface area contributed by atoms with E-state index in [1.807, 2.05) is 0 Å². The second-order valence-corrected chi connectivity index (χ2v) is 11.2. The number of aromatic nitrogens is 2. The minimum absolute atomic E-state index is 0.0281. The normalized spacial score (nSPS) is 19.6. The molecule has 0 spiro atoms. The quantitative estimate of drug-likeness (QED) is 0.158. The third kappa shape index (κ3) is 8.60. The van der Waals surface area contributed by atoms with Crippen molar-refractivity contribution < 1.29 is 42.4 Å². The van der Waals surface area contributed by atoms with Gasteiger partial charge in [-0.05, 0) is 0 Å². The Morgan fingerprint density at radius 2 is 2.06 bits per heavy atom. The number of rotatable bonds is 11. The van der Waals surface area contributed by atoms with Gasteiger partial charge >= 0.3 is 190 Å². The van der Waals surface area contributed by atoms with Crippen LogP contribution in [0.3, 0.4) is 0 Å². The molecule has 1 fully saturated rings. The molecule has 0 aliphatic carbocycles. The molecule has 1 aliphatic rings. The van der Waals surface area contributed by atoms with Gasteiger partial charge in [0, 0.05) is 6.92 Å². The van der Waals surface area contributed by atoms with Crippen LogP contribution in [0.5, 0.6) is 0 Å². The summed E-state index contributed by atoms with van der Waals surface area (Å²) in [5.41, 5.74) is -0.618. The van der Waals surface area contributed by atoms with Gasteiger partial charge in [0.15, 0.2) is 0 Å². The number of nitrogens with zero attached hydrogens (tertiary/aromatic N) is 2. The molecule has 1 atom stereocenters. The molecule has 1 aliphatic heterocycles. The topological polar surface area (TPSA) is 167 Å². The maximum absolute atomic E-state index is 12.7. The van der Waals surface area contributed by atoms with Gasteiger partial charge in [0.05, 0.1) is 0 Å². The summed E-state index contributed by atoms with van der Waals surface area (Å²) < 4.78 is 22.3. The Bertz CT molecular complexity index is 897. The number of nitrogens with one attached hydrogen (secondary N) is 2. The van der Waals surface area contributed by atoms with E-state index >= 15 is 0 Å². The number of carbonyl (C=O) groups is 4. The summed E-state index contributed by atoms with van der Waals surface area (Å²) in [7, 11) is -2.71. The van der Waals surface area contributed by atoms with Crippen molar-refractivity contribution in [3.63, 3.8) is 0 Å². The minimum atomic E-state index is -4.28. The van der Waals surface area contributed by atoms with E-state index in [2.05, 4.69) is 15.7 Å². The fourth-order valence-corrected chi connectivity index (χ4v) is 5.05. The van der Waals surface area contributed by atoms with Crippen molar-refractivity contribution in [1.82, 2.24) is 20.4 Å². The van der Waals surface area contributed by atoms with Crippen molar-refractivity contribution in [2.24, 2.45) is 12.5 Å². The average molecular weight is 523 g/mol. The summed E-state index contributed by atoms with van der Waals surface area (Å²) in [6, 6.07) is 1.45. The number of amides is 2. The van der Waals surface area contributed by atoms with Gasteiger partial charge in [-0.15, -0.1) is 0 Å². The van der Waals surface area contributed by atoms with Crippen molar-refractivity contribution in [3.05, 3.63) is 18.0 Å². The zero-order chi connectivity index (χ0) is 25.4. The third-order valence-corrected chi connectivity index (χ3v) is 7.02. The van der Waals surface area contributed by atoms with Crippen molar-refractivity contribution in [2.75, 3.05) is 32.2 Å². The first-order valence-electron chi connectivity index (χ1n) is 10.4. The Kier molecular flexibility index (Phi) is 10.4. The van der Waals surface area contributed by atoms with Crippen molar-refractivity contribution >= 4 is 42.8 Å². The fraction of sp³-hybridized carbons (Fsp3) is 0.632. The fourth-order valence-electron chi connectivity index (χ4n) is 2.85. The molecule has 0 saturated carbocycles. The molecule has 2 amide bonds. The van der Waals surface area contributed by atoms with E-state index in [-0.39, 0.29) is 36.3 Å². The van der Waals surface area contributed by atoms with E-state index in [9.17, 15) is 24.1 Å². The second-order valence-electron chi connectivity index (χ2n) is 8.06. The SMILES string of the molecule is CC(=O)SCCNC(=O)CCNC(=O)[C@@H]1O[PH](O)(OCOC(=O)c2ccnn2C)OCC1(C)C. The molecule has 1 saturated heterocycles. The molecule has 1 aromatic rings. The number of esters is 1. The van der Waals surface area contributed by atoms with E-state index in [4.69, 9.17) is 18.3 Å². The molecule has 2 heterocycles. The number of aryl methyl sites for hydroxylation is 1. The summed E-state index contributed by atoms with van der Waals surface area (Å²) in [5.74, 6) is -1.07. The standard InChI is InChI=1S/C19H31N4O9PS/c1-13(24)34-10-9-20-15(25)6-7-21-17(26)16-19(2,3)11-30-33(28,32-16)31-12-29-18(27)14-5-8-22-23(14)4/h5,8,16,28,33H,6-7,9-12H2,1-4H3,(H,20,25)(H,21,26)/t16-/m0/s1. The van der Waals surface area contributed by atoms with E-state index in [1.54, 1.807) is 20.9 Å². The zero-order valence-corrected chi connectivity index (χ0v) is 21.3. The molecule has 0 unspecified atom stereocenters. The van der Waals surface area contributed by atoms with Crippen molar-refractivity contribution in [2.45, 2.75) is 33.3 Å². The number of hydrogen-bond donors (Lipinski definition) is 3. The van der Waals surface area contributed by atoms with Crippen LogP contribution >= 0.6 is 19.9 Å².